The summed E-state index contributed by atoms with van der Waals surface area (Å²) in [5.74, 6) is 1.18. The fraction of sp³-hybridized carbons (Fsp3) is 0.278. The molecule has 0 unspecified atom stereocenters. The van der Waals surface area contributed by atoms with Gasteiger partial charge in [0, 0.05) is 12.1 Å². The highest BCUT2D eigenvalue weighted by Crippen LogP contribution is 2.32. The number of aromatic nitrogens is 6. The summed E-state index contributed by atoms with van der Waals surface area (Å²) in [5, 5.41) is 16.2. The Morgan fingerprint density at radius 3 is 2.48 bits per heavy atom. The molecule has 13 heteroatoms. The van der Waals surface area contributed by atoms with E-state index >= 15 is 0 Å². The van der Waals surface area contributed by atoms with E-state index in [1.807, 2.05) is 0 Å². The van der Waals surface area contributed by atoms with Gasteiger partial charge in [0.25, 0.3) is 5.88 Å². The maximum atomic E-state index is 13.0. The molecule has 0 radical (unpaired) electrons. The summed E-state index contributed by atoms with van der Waals surface area (Å²) in [5.41, 5.74) is -0.383. The van der Waals surface area contributed by atoms with Crippen LogP contribution in [0.25, 0.3) is 17.2 Å². The maximum absolute atomic E-state index is 13.0. The van der Waals surface area contributed by atoms with Crippen LogP contribution in [0, 0.1) is 6.92 Å². The summed E-state index contributed by atoms with van der Waals surface area (Å²) < 4.78 is 61.5. The van der Waals surface area contributed by atoms with Crippen molar-refractivity contribution in [3.05, 3.63) is 41.4 Å². The first-order chi connectivity index (χ1) is 14.8. The number of nitrogens with zero attached hydrogens (tertiary/aromatic N) is 6. The molecule has 4 heterocycles. The van der Waals surface area contributed by atoms with E-state index in [-0.39, 0.29) is 35.5 Å². The third kappa shape index (κ3) is 3.93. The molecule has 0 aromatic carbocycles. The van der Waals surface area contributed by atoms with Crippen LogP contribution in [0.1, 0.15) is 17.1 Å². The van der Waals surface area contributed by atoms with Crippen molar-refractivity contribution >= 4 is 5.65 Å². The standard InChI is InChI=1S/C18H15F3N6O4/c1-9-6-10(26-31-9)16-24-23-15-7-13(29-3)17(25-27(15)16)30-8-11-12(28-2)4-5-14(22-11)18(19,20)21/h4-7H,8H2,1-3H3. The molecule has 0 saturated carbocycles. The van der Waals surface area contributed by atoms with Crippen LogP contribution in [0.3, 0.4) is 0 Å². The summed E-state index contributed by atoms with van der Waals surface area (Å²) in [6.45, 7) is 1.36. The molecule has 0 bridgehead atoms. The molecule has 0 spiro atoms. The lowest BCUT2D eigenvalue weighted by atomic mass is 10.2. The first-order valence-electron chi connectivity index (χ1n) is 8.78. The van der Waals surface area contributed by atoms with Crippen molar-refractivity contribution < 1.29 is 31.9 Å². The molecule has 0 aliphatic carbocycles. The molecule has 0 aliphatic heterocycles. The molecular weight excluding hydrogens is 421 g/mol. The van der Waals surface area contributed by atoms with E-state index in [0.29, 0.717) is 17.1 Å². The Morgan fingerprint density at radius 2 is 1.84 bits per heavy atom. The number of hydrogen-bond donors (Lipinski definition) is 0. The Bertz CT molecular complexity index is 1240. The Hall–Kier alpha value is -3.90. The second kappa shape index (κ2) is 7.74. The Labute approximate surface area is 172 Å². The van der Waals surface area contributed by atoms with Gasteiger partial charge in [0.15, 0.2) is 17.1 Å². The summed E-state index contributed by atoms with van der Waals surface area (Å²) in [6, 6.07) is 5.17. The van der Waals surface area contributed by atoms with Crippen LogP contribution < -0.4 is 14.2 Å². The van der Waals surface area contributed by atoms with Gasteiger partial charge in [-0.3, -0.25) is 0 Å². The second-order valence-electron chi connectivity index (χ2n) is 6.27. The number of alkyl halides is 3. The predicted molar refractivity (Wildman–Crippen MR) is 97.7 cm³/mol. The van der Waals surface area contributed by atoms with Crippen LogP contribution in [0.2, 0.25) is 0 Å². The van der Waals surface area contributed by atoms with Crippen LogP contribution in [0.4, 0.5) is 13.2 Å². The zero-order valence-electron chi connectivity index (χ0n) is 16.5. The molecule has 10 nitrogen and oxygen atoms in total. The van der Waals surface area contributed by atoms with Gasteiger partial charge in [0.1, 0.15) is 29.5 Å². The van der Waals surface area contributed by atoms with E-state index < -0.39 is 11.9 Å². The predicted octanol–water partition coefficient (Wildman–Crippen LogP) is 3.10. The monoisotopic (exact) mass is 436 g/mol. The highest BCUT2D eigenvalue weighted by Gasteiger charge is 2.33. The zero-order chi connectivity index (χ0) is 22.2. The smallest absolute Gasteiger partial charge is 0.433 e. The highest BCUT2D eigenvalue weighted by molar-refractivity contribution is 5.56. The average molecular weight is 436 g/mol. The van der Waals surface area contributed by atoms with E-state index in [1.165, 1.54) is 30.9 Å². The summed E-state index contributed by atoms with van der Waals surface area (Å²) in [4.78, 5) is 3.61. The van der Waals surface area contributed by atoms with E-state index in [2.05, 4.69) is 25.4 Å². The van der Waals surface area contributed by atoms with Crippen molar-refractivity contribution in [1.82, 2.24) is 30.0 Å². The summed E-state index contributed by atoms with van der Waals surface area (Å²) in [7, 11) is 2.71. The molecule has 0 atom stereocenters. The van der Waals surface area contributed by atoms with Gasteiger partial charge in [-0.15, -0.1) is 15.3 Å². The van der Waals surface area contributed by atoms with Gasteiger partial charge in [-0.05, 0) is 19.1 Å². The fourth-order valence-electron chi connectivity index (χ4n) is 2.75. The number of fused-ring (bicyclic) bond motifs is 1. The molecule has 0 N–H and O–H groups in total. The maximum Gasteiger partial charge on any atom is 0.433 e. The van der Waals surface area contributed by atoms with Crippen LogP contribution in [0.15, 0.2) is 28.8 Å². The van der Waals surface area contributed by atoms with E-state index in [1.54, 1.807) is 13.0 Å². The lowest BCUT2D eigenvalue weighted by Gasteiger charge is -2.13. The number of hydrogen-bond acceptors (Lipinski definition) is 9. The highest BCUT2D eigenvalue weighted by atomic mass is 19.4. The van der Waals surface area contributed by atoms with Crippen molar-refractivity contribution in [3.63, 3.8) is 0 Å². The number of pyridine rings is 1. The van der Waals surface area contributed by atoms with Gasteiger partial charge < -0.3 is 18.7 Å². The minimum atomic E-state index is -4.61. The minimum absolute atomic E-state index is 0.0162. The SMILES string of the molecule is COc1ccc(C(F)(F)F)nc1COc1nn2c(-c3cc(C)on3)nnc2cc1OC. The third-order valence-electron chi connectivity index (χ3n) is 4.19. The second-order valence-corrected chi connectivity index (χ2v) is 6.27. The van der Waals surface area contributed by atoms with Crippen LogP contribution in [-0.2, 0) is 12.8 Å². The molecule has 0 amide bonds. The number of aryl methyl sites for hydroxylation is 1. The Balaban J connectivity index is 1.70. The molecule has 31 heavy (non-hydrogen) atoms. The number of ether oxygens (including phenoxy) is 3. The first-order valence-corrected chi connectivity index (χ1v) is 8.78. The van der Waals surface area contributed by atoms with Crippen molar-refractivity contribution in [2.75, 3.05) is 14.2 Å². The quantitative estimate of drug-likeness (QED) is 0.450. The van der Waals surface area contributed by atoms with E-state index in [4.69, 9.17) is 18.7 Å². The van der Waals surface area contributed by atoms with Crippen LogP contribution in [-0.4, -0.2) is 44.2 Å². The summed E-state index contributed by atoms with van der Waals surface area (Å²) in [6.07, 6.45) is -4.61. The lowest BCUT2D eigenvalue weighted by Crippen LogP contribution is -2.12. The minimum Gasteiger partial charge on any atom is -0.495 e. The van der Waals surface area contributed by atoms with Crippen molar-refractivity contribution in [2.24, 2.45) is 0 Å². The van der Waals surface area contributed by atoms with Crippen LogP contribution >= 0.6 is 0 Å². The molecule has 4 aromatic rings. The van der Waals surface area contributed by atoms with Gasteiger partial charge in [0.2, 0.25) is 5.82 Å². The number of halogens is 3. The van der Waals surface area contributed by atoms with Gasteiger partial charge in [-0.1, -0.05) is 5.16 Å². The van der Waals surface area contributed by atoms with Crippen molar-refractivity contribution in [1.29, 1.82) is 0 Å². The molecule has 0 aliphatic rings. The van der Waals surface area contributed by atoms with Crippen molar-refractivity contribution in [2.45, 2.75) is 19.7 Å². The topological polar surface area (TPSA) is 110 Å². The average Bonchev–Trinajstić information content (AvgIpc) is 3.35. The van der Waals surface area contributed by atoms with Gasteiger partial charge in [0.05, 0.1) is 14.2 Å². The first kappa shape index (κ1) is 20.4. The van der Waals surface area contributed by atoms with E-state index in [0.717, 1.165) is 6.07 Å². The molecule has 162 valence electrons. The number of rotatable bonds is 6. The van der Waals surface area contributed by atoms with Gasteiger partial charge in [-0.2, -0.15) is 17.7 Å². The normalized spacial score (nSPS) is 11.7. The summed E-state index contributed by atoms with van der Waals surface area (Å²) >= 11 is 0. The largest absolute Gasteiger partial charge is 0.495 e. The van der Waals surface area contributed by atoms with Crippen molar-refractivity contribution in [3.8, 4) is 28.9 Å². The Morgan fingerprint density at radius 1 is 1.06 bits per heavy atom. The number of methoxy groups -OCH3 is 2. The zero-order valence-corrected chi connectivity index (χ0v) is 16.5. The van der Waals surface area contributed by atoms with E-state index in [9.17, 15) is 13.2 Å². The molecule has 0 saturated heterocycles. The molecule has 0 fully saturated rings. The van der Waals surface area contributed by atoms with Crippen LogP contribution in [0.5, 0.6) is 17.4 Å². The molecule has 4 rings (SSSR count). The Kier molecular flexibility index (Phi) is 5.09. The third-order valence-corrected chi connectivity index (χ3v) is 4.19. The van der Waals surface area contributed by atoms with Gasteiger partial charge >= 0.3 is 6.18 Å². The molecule has 4 aromatic heterocycles. The van der Waals surface area contributed by atoms with Gasteiger partial charge in [-0.25, -0.2) is 4.98 Å². The molecular formula is C18H15F3N6O4. The fourth-order valence-corrected chi connectivity index (χ4v) is 2.75. The lowest BCUT2D eigenvalue weighted by molar-refractivity contribution is -0.141.